The molecule has 2 N–H and O–H groups in total. The molecule has 0 aliphatic rings. The summed E-state index contributed by atoms with van der Waals surface area (Å²) in [6.45, 7) is 8.91. The minimum absolute atomic E-state index is 0.246. The van der Waals surface area contributed by atoms with Crippen LogP contribution in [-0.4, -0.2) is 32.5 Å². The number of H-pyrrole nitrogens is 2. The van der Waals surface area contributed by atoms with Crippen molar-refractivity contribution in [1.29, 1.82) is 0 Å². The van der Waals surface area contributed by atoms with E-state index in [1.54, 1.807) is 31.0 Å². The van der Waals surface area contributed by atoms with Gasteiger partial charge in [0.15, 0.2) is 0 Å². The molecule has 9 heteroatoms. The van der Waals surface area contributed by atoms with Crippen molar-refractivity contribution in [2.75, 3.05) is 16.3 Å². The fraction of sp³-hybridized carbons (Fsp3) is 0.273. The summed E-state index contributed by atoms with van der Waals surface area (Å²) in [5.41, 5.74) is 7.05. The summed E-state index contributed by atoms with van der Waals surface area (Å²) in [5, 5.41) is 0.792. The maximum absolute atomic E-state index is 13.3. The second kappa shape index (κ2) is 15.6. The van der Waals surface area contributed by atoms with Crippen LogP contribution in [0.25, 0.3) is 0 Å². The van der Waals surface area contributed by atoms with Gasteiger partial charge in [-0.05, 0) is 103 Å². The Morgan fingerprint density at radius 1 is 0.810 bits per heavy atom. The molecule has 3 aromatic carbocycles. The van der Waals surface area contributed by atoms with Crippen molar-refractivity contribution in [3.05, 3.63) is 130 Å². The predicted molar refractivity (Wildman–Crippen MR) is 175 cm³/mol. The van der Waals surface area contributed by atoms with E-state index in [4.69, 9.17) is 11.6 Å². The Hall–Kier alpha value is -3.62. The van der Waals surface area contributed by atoms with E-state index in [9.17, 15) is 4.39 Å². The smallest absolute Gasteiger partial charge is 0.137 e. The lowest BCUT2D eigenvalue weighted by Gasteiger charge is -2.28. The van der Waals surface area contributed by atoms with Crippen LogP contribution >= 0.6 is 27.5 Å². The van der Waals surface area contributed by atoms with Crippen molar-refractivity contribution >= 4 is 38.9 Å². The van der Waals surface area contributed by atoms with Gasteiger partial charge in [-0.25, -0.2) is 14.4 Å². The van der Waals surface area contributed by atoms with E-state index in [1.807, 2.05) is 18.3 Å². The number of benzene rings is 3. The molecule has 0 unspecified atom stereocenters. The maximum atomic E-state index is 13.3. The Morgan fingerprint density at radius 3 is 1.86 bits per heavy atom. The molecular formula is C33H37BrClFN6. The number of anilines is 2. The Balaban J connectivity index is 0.000000201. The van der Waals surface area contributed by atoms with Crippen LogP contribution in [0.2, 0.25) is 5.02 Å². The molecule has 6 nitrogen and oxygen atoms in total. The molecule has 0 radical (unpaired) electrons. The second-order valence-electron chi connectivity index (χ2n) is 10.3. The average Bonchev–Trinajstić information content (AvgIpc) is 3.71. The van der Waals surface area contributed by atoms with Gasteiger partial charge >= 0.3 is 0 Å². The van der Waals surface area contributed by atoms with E-state index in [0.717, 1.165) is 54.6 Å². The van der Waals surface area contributed by atoms with Gasteiger partial charge in [0, 0.05) is 41.4 Å². The quantitative estimate of drug-likeness (QED) is 0.150. The lowest BCUT2D eigenvalue weighted by molar-refractivity contribution is 0.618. The zero-order valence-electron chi connectivity index (χ0n) is 24.2. The maximum Gasteiger partial charge on any atom is 0.137 e. The number of nitrogens with one attached hydrogen (secondary N) is 2. The molecule has 0 aliphatic carbocycles. The molecule has 0 bridgehead atoms. The summed E-state index contributed by atoms with van der Waals surface area (Å²) < 4.78 is 13.7. The number of rotatable bonds is 11. The summed E-state index contributed by atoms with van der Waals surface area (Å²) in [7, 11) is 0. The highest BCUT2D eigenvalue weighted by Gasteiger charge is 2.13. The summed E-state index contributed by atoms with van der Waals surface area (Å²) in [5.74, 6) is -0.246. The molecule has 0 spiro atoms. The summed E-state index contributed by atoms with van der Waals surface area (Å²) in [6.07, 6.45) is 9.13. The van der Waals surface area contributed by atoms with Gasteiger partial charge < -0.3 is 19.8 Å². The van der Waals surface area contributed by atoms with Crippen LogP contribution in [0.4, 0.5) is 15.8 Å². The van der Waals surface area contributed by atoms with Gasteiger partial charge in [-0.1, -0.05) is 35.9 Å². The summed E-state index contributed by atoms with van der Waals surface area (Å²) in [4.78, 5) is 18.8. The third kappa shape index (κ3) is 9.19. The van der Waals surface area contributed by atoms with Gasteiger partial charge in [-0.15, -0.1) is 0 Å². The second-order valence-corrected chi connectivity index (χ2v) is 11.6. The number of aryl methyl sites for hydroxylation is 2. The van der Waals surface area contributed by atoms with Crippen LogP contribution in [0.15, 0.2) is 96.3 Å². The van der Waals surface area contributed by atoms with Gasteiger partial charge in [0.2, 0.25) is 0 Å². The molecule has 0 saturated heterocycles. The number of aromatic nitrogens is 4. The van der Waals surface area contributed by atoms with Gasteiger partial charge in [-0.3, -0.25) is 0 Å². The van der Waals surface area contributed by atoms with Crippen LogP contribution in [0, 0.1) is 5.82 Å². The fourth-order valence-electron chi connectivity index (χ4n) is 4.57. The zero-order chi connectivity index (χ0) is 29.9. The summed E-state index contributed by atoms with van der Waals surface area (Å²) in [6, 6.07) is 22.3. The Kier molecular flexibility index (Phi) is 11.6. The number of imidazole rings is 2. The van der Waals surface area contributed by atoms with Gasteiger partial charge in [0.25, 0.3) is 0 Å². The van der Waals surface area contributed by atoms with Crippen molar-refractivity contribution < 1.29 is 4.39 Å². The molecule has 2 heterocycles. The van der Waals surface area contributed by atoms with E-state index in [0.29, 0.717) is 10.5 Å². The number of hydrogen-bond acceptors (Lipinski definition) is 4. The minimum atomic E-state index is -0.246. The molecule has 0 atom stereocenters. The Bertz CT molecular complexity index is 1470. The van der Waals surface area contributed by atoms with E-state index in [1.165, 1.54) is 22.9 Å². The van der Waals surface area contributed by atoms with Crippen molar-refractivity contribution in [3.63, 3.8) is 0 Å². The van der Waals surface area contributed by atoms with Crippen molar-refractivity contribution in [3.8, 4) is 0 Å². The number of nitrogens with zero attached hydrogens (tertiary/aromatic N) is 4. The third-order valence-electron chi connectivity index (χ3n) is 6.97. The largest absolute Gasteiger partial charge is 0.366 e. The molecule has 220 valence electrons. The standard InChI is InChI=1S/C20H22ClN3.C13H15BrFN3/c1-2-24(14-19-13-22-15-23-19)20-11-7-17(8-12-20)4-3-16-5-9-18(21)10-6-16;1-9(2)18(7-10-6-16-8-17-10)11-3-4-13(15)12(14)5-11/h5-13,15H,2-4,14H2,1H3,(H,22,23);3-6,8-9H,7H2,1-2H3,(H,16,17). The SMILES string of the molecule is CC(C)N(Cc1cnc[nH]1)c1ccc(F)c(Br)c1.CCN(Cc1cnc[nH]1)c1ccc(CCc2ccc(Cl)cc2)cc1. The van der Waals surface area contributed by atoms with Crippen LogP contribution in [0.5, 0.6) is 0 Å². The van der Waals surface area contributed by atoms with Gasteiger partial charge in [-0.2, -0.15) is 0 Å². The molecule has 0 saturated carbocycles. The van der Waals surface area contributed by atoms with Gasteiger partial charge in [0.1, 0.15) is 5.82 Å². The first-order valence-corrected chi connectivity index (χ1v) is 15.2. The van der Waals surface area contributed by atoms with Crippen LogP contribution in [0.1, 0.15) is 43.3 Å². The number of aromatic amines is 2. The van der Waals surface area contributed by atoms with Crippen LogP contribution in [0.3, 0.4) is 0 Å². The van der Waals surface area contributed by atoms with E-state index in [2.05, 4.69) is 103 Å². The van der Waals surface area contributed by atoms with Crippen LogP contribution in [-0.2, 0) is 25.9 Å². The number of hydrogen-bond donors (Lipinski definition) is 2. The lowest BCUT2D eigenvalue weighted by atomic mass is 10.0. The van der Waals surface area contributed by atoms with E-state index in [-0.39, 0.29) is 5.82 Å². The van der Waals surface area contributed by atoms with Crippen molar-refractivity contribution in [2.45, 2.75) is 52.7 Å². The summed E-state index contributed by atoms with van der Waals surface area (Å²) >= 11 is 9.15. The topological polar surface area (TPSA) is 63.8 Å². The molecule has 5 aromatic rings. The molecule has 2 aromatic heterocycles. The molecular weight excluding hydrogens is 615 g/mol. The Morgan fingerprint density at radius 2 is 1.36 bits per heavy atom. The first-order valence-electron chi connectivity index (χ1n) is 14.1. The average molecular weight is 652 g/mol. The van der Waals surface area contributed by atoms with Crippen LogP contribution < -0.4 is 9.80 Å². The predicted octanol–water partition coefficient (Wildman–Crippen LogP) is 8.60. The highest BCUT2D eigenvalue weighted by atomic mass is 79.9. The lowest BCUT2D eigenvalue weighted by Crippen LogP contribution is -2.30. The number of halogens is 3. The molecule has 0 fully saturated rings. The monoisotopic (exact) mass is 650 g/mol. The Labute approximate surface area is 261 Å². The van der Waals surface area contributed by atoms with Gasteiger partial charge in [0.05, 0.1) is 41.6 Å². The molecule has 0 amide bonds. The van der Waals surface area contributed by atoms with Crippen molar-refractivity contribution in [2.24, 2.45) is 0 Å². The highest BCUT2D eigenvalue weighted by molar-refractivity contribution is 9.10. The van der Waals surface area contributed by atoms with Crippen molar-refractivity contribution in [1.82, 2.24) is 19.9 Å². The third-order valence-corrected chi connectivity index (χ3v) is 7.83. The van der Waals surface area contributed by atoms with E-state index >= 15 is 0 Å². The molecule has 5 rings (SSSR count). The first kappa shape index (κ1) is 31.3. The highest BCUT2D eigenvalue weighted by Crippen LogP contribution is 2.26. The molecule has 42 heavy (non-hydrogen) atoms. The molecule has 0 aliphatic heterocycles. The first-order chi connectivity index (χ1) is 20.3. The minimum Gasteiger partial charge on any atom is -0.366 e. The fourth-order valence-corrected chi connectivity index (χ4v) is 5.06. The van der Waals surface area contributed by atoms with E-state index < -0.39 is 0 Å². The normalized spacial score (nSPS) is 10.8. The zero-order valence-corrected chi connectivity index (χ0v) is 26.5.